The Balaban J connectivity index is 1.28. The van der Waals surface area contributed by atoms with Crippen molar-refractivity contribution in [2.75, 3.05) is 13.1 Å². The minimum Gasteiger partial charge on any atom is -0.361 e. The number of carbonyl (C=O) groups excluding carboxylic acids is 2. The van der Waals surface area contributed by atoms with E-state index in [1.165, 1.54) is 37.0 Å². The number of hydrogen-bond acceptors (Lipinski definition) is 2. The number of amides is 2. The van der Waals surface area contributed by atoms with Crippen molar-refractivity contribution in [2.24, 2.45) is 0 Å². The molecule has 5 nitrogen and oxygen atoms in total. The third-order valence-corrected chi connectivity index (χ3v) is 8.04. The van der Waals surface area contributed by atoms with E-state index in [9.17, 15) is 14.0 Å². The number of hydrogen-bond donors (Lipinski definition) is 1. The van der Waals surface area contributed by atoms with Crippen LogP contribution in [0.1, 0.15) is 72.5 Å². The van der Waals surface area contributed by atoms with Crippen molar-refractivity contribution in [1.29, 1.82) is 0 Å². The normalized spacial score (nSPS) is 12.9. The van der Waals surface area contributed by atoms with E-state index < -0.39 is 0 Å². The molecule has 0 aliphatic heterocycles. The first-order valence-electron chi connectivity index (χ1n) is 15.0. The minimum atomic E-state index is -0.303. The number of halogens is 1. The fourth-order valence-electron chi connectivity index (χ4n) is 5.43. The molecule has 41 heavy (non-hydrogen) atoms. The lowest BCUT2D eigenvalue weighted by atomic mass is 10.0. The molecular weight excluding hydrogens is 513 g/mol. The molecular formula is C35H40FN3O2. The summed E-state index contributed by atoms with van der Waals surface area (Å²) in [6.07, 6.45) is 10.4. The maximum atomic E-state index is 13.8. The van der Waals surface area contributed by atoms with Gasteiger partial charge in [-0.1, -0.05) is 68.7 Å². The Bertz CT molecular complexity index is 1440. The van der Waals surface area contributed by atoms with Gasteiger partial charge in [-0.15, -0.1) is 0 Å². The number of aromatic amines is 1. The third kappa shape index (κ3) is 7.63. The van der Waals surface area contributed by atoms with Crippen LogP contribution in [0.25, 0.3) is 10.9 Å². The monoisotopic (exact) mass is 553 g/mol. The number of aryl methyl sites for hydroxylation is 1. The van der Waals surface area contributed by atoms with Crippen LogP contribution in [0.4, 0.5) is 4.39 Å². The molecule has 3 aromatic carbocycles. The van der Waals surface area contributed by atoms with Crippen LogP contribution in [-0.2, 0) is 24.2 Å². The number of nitrogens with zero attached hydrogens (tertiary/aromatic N) is 2. The van der Waals surface area contributed by atoms with Gasteiger partial charge in [0.15, 0.2) is 0 Å². The van der Waals surface area contributed by atoms with E-state index in [2.05, 4.69) is 18.0 Å². The number of benzene rings is 3. The van der Waals surface area contributed by atoms with E-state index in [4.69, 9.17) is 0 Å². The number of unbranched alkanes of at least 4 members (excludes halogenated alkanes) is 3. The molecule has 0 radical (unpaired) electrons. The van der Waals surface area contributed by atoms with Crippen LogP contribution in [0.15, 0.2) is 79.0 Å². The lowest BCUT2D eigenvalue weighted by Crippen LogP contribution is -2.44. The predicted molar refractivity (Wildman–Crippen MR) is 162 cm³/mol. The van der Waals surface area contributed by atoms with Gasteiger partial charge in [0.2, 0.25) is 5.91 Å². The highest BCUT2D eigenvalue weighted by atomic mass is 19.1. The van der Waals surface area contributed by atoms with Crippen LogP contribution in [0.5, 0.6) is 0 Å². The van der Waals surface area contributed by atoms with Gasteiger partial charge in [-0.3, -0.25) is 9.59 Å². The summed E-state index contributed by atoms with van der Waals surface area (Å²) in [6.45, 7) is 3.11. The van der Waals surface area contributed by atoms with Crippen molar-refractivity contribution >= 4 is 22.7 Å². The number of rotatable bonds is 14. The highest BCUT2D eigenvalue weighted by molar-refractivity contribution is 5.97. The molecule has 1 aromatic heterocycles. The molecule has 1 heterocycles. The van der Waals surface area contributed by atoms with Crippen molar-refractivity contribution in [2.45, 2.75) is 70.9 Å². The van der Waals surface area contributed by atoms with Gasteiger partial charge < -0.3 is 14.8 Å². The Kier molecular flexibility index (Phi) is 9.50. The van der Waals surface area contributed by atoms with Crippen LogP contribution < -0.4 is 0 Å². The van der Waals surface area contributed by atoms with Gasteiger partial charge in [0.05, 0.1) is 0 Å². The van der Waals surface area contributed by atoms with Crippen LogP contribution in [0.2, 0.25) is 0 Å². The van der Waals surface area contributed by atoms with Gasteiger partial charge in [0.1, 0.15) is 12.4 Å². The Morgan fingerprint density at radius 2 is 1.61 bits per heavy atom. The van der Waals surface area contributed by atoms with Crippen molar-refractivity contribution in [3.63, 3.8) is 0 Å². The molecule has 0 unspecified atom stereocenters. The Morgan fingerprint density at radius 1 is 0.878 bits per heavy atom. The largest absolute Gasteiger partial charge is 0.361 e. The second-order valence-electron chi connectivity index (χ2n) is 11.2. The molecule has 1 aliphatic rings. The van der Waals surface area contributed by atoms with Crippen molar-refractivity contribution in [3.05, 3.63) is 107 Å². The summed E-state index contributed by atoms with van der Waals surface area (Å²) < 4.78 is 13.6. The summed E-state index contributed by atoms with van der Waals surface area (Å²) in [5, 5.41) is 1.14. The summed E-state index contributed by atoms with van der Waals surface area (Å²) in [5.74, 6) is -0.485. The molecule has 4 aromatic rings. The standard InChI is InChI=1S/C35H40FN3O2/c1-2-3-4-5-8-26-11-15-28(16-12-26)35(41)39(31-19-20-31)25-34(40)38(24-27-13-17-30(36)18-14-27)22-21-29-23-37-33-10-7-6-9-32(29)33/h6-7,9-18,23,31,37H,2-5,8,19-22,24-25H2,1H3. The lowest BCUT2D eigenvalue weighted by Gasteiger charge is -2.28. The van der Waals surface area contributed by atoms with Gasteiger partial charge in [-0.05, 0) is 79.1 Å². The molecule has 0 saturated heterocycles. The SMILES string of the molecule is CCCCCCc1ccc(C(=O)N(CC(=O)N(CCc2c[nH]c3ccccc23)Cc2ccc(F)cc2)C2CC2)cc1. The van der Waals surface area contributed by atoms with E-state index in [1.807, 2.05) is 48.7 Å². The maximum absolute atomic E-state index is 13.8. The number of carbonyl (C=O) groups is 2. The molecule has 2 amide bonds. The summed E-state index contributed by atoms with van der Waals surface area (Å²) in [5.41, 5.74) is 4.94. The fourth-order valence-corrected chi connectivity index (χ4v) is 5.43. The minimum absolute atomic E-state index is 0.0390. The second kappa shape index (κ2) is 13.6. The van der Waals surface area contributed by atoms with E-state index in [-0.39, 0.29) is 30.2 Å². The summed E-state index contributed by atoms with van der Waals surface area (Å²) >= 11 is 0. The first kappa shape index (κ1) is 28.6. The zero-order valence-corrected chi connectivity index (χ0v) is 23.9. The second-order valence-corrected chi connectivity index (χ2v) is 11.2. The summed E-state index contributed by atoms with van der Waals surface area (Å²) in [6, 6.07) is 22.4. The van der Waals surface area contributed by atoms with Crippen LogP contribution in [0.3, 0.4) is 0 Å². The molecule has 1 saturated carbocycles. The van der Waals surface area contributed by atoms with E-state index in [0.29, 0.717) is 25.1 Å². The Hall–Kier alpha value is -3.93. The molecule has 1 fully saturated rings. The van der Waals surface area contributed by atoms with E-state index in [1.54, 1.807) is 21.9 Å². The maximum Gasteiger partial charge on any atom is 0.254 e. The smallest absolute Gasteiger partial charge is 0.254 e. The van der Waals surface area contributed by atoms with Crippen LogP contribution in [-0.4, -0.2) is 45.7 Å². The summed E-state index contributed by atoms with van der Waals surface area (Å²) in [7, 11) is 0. The zero-order chi connectivity index (χ0) is 28.6. The molecule has 0 atom stereocenters. The first-order chi connectivity index (χ1) is 20.0. The van der Waals surface area contributed by atoms with E-state index in [0.717, 1.165) is 47.7 Å². The number of aromatic nitrogens is 1. The van der Waals surface area contributed by atoms with Crippen LogP contribution in [0, 0.1) is 5.82 Å². The molecule has 0 spiro atoms. The predicted octanol–water partition coefficient (Wildman–Crippen LogP) is 7.31. The van der Waals surface area contributed by atoms with Gasteiger partial charge >= 0.3 is 0 Å². The Labute approximate surface area is 242 Å². The number of nitrogens with one attached hydrogen (secondary N) is 1. The van der Waals surface area contributed by atoms with Gasteiger partial charge in [-0.25, -0.2) is 4.39 Å². The Morgan fingerprint density at radius 3 is 2.34 bits per heavy atom. The molecule has 0 bridgehead atoms. The van der Waals surface area contributed by atoms with Crippen molar-refractivity contribution in [1.82, 2.24) is 14.8 Å². The molecule has 6 heteroatoms. The van der Waals surface area contributed by atoms with E-state index >= 15 is 0 Å². The van der Waals surface area contributed by atoms with Crippen molar-refractivity contribution < 1.29 is 14.0 Å². The lowest BCUT2D eigenvalue weighted by molar-refractivity contribution is -0.132. The average Bonchev–Trinajstić information content (AvgIpc) is 3.76. The number of fused-ring (bicyclic) bond motifs is 1. The van der Waals surface area contributed by atoms with Gasteiger partial charge in [0.25, 0.3) is 5.91 Å². The number of H-pyrrole nitrogens is 1. The van der Waals surface area contributed by atoms with Gasteiger partial charge in [-0.2, -0.15) is 0 Å². The summed E-state index contributed by atoms with van der Waals surface area (Å²) in [4.78, 5) is 34.2. The number of para-hydroxylation sites is 1. The van der Waals surface area contributed by atoms with Crippen LogP contribution >= 0.6 is 0 Å². The van der Waals surface area contributed by atoms with Gasteiger partial charge in [0, 0.05) is 41.8 Å². The quantitative estimate of drug-likeness (QED) is 0.167. The molecule has 214 valence electrons. The zero-order valence-electron chi connectivity index (χ0n) is 23.9. The molecule has 1 N–H and O–H groups in total. The molecule has 5 rings (SSSR count). The topological polar surface area (TPSA) is 56.4 Å². The highest BCUT2D eigenvalue weighted by Crippen LogP contribution is 2.29. The first-order valence-corrected chi connectivity index (χ1v) is 15.0. The fraction of sp³-hybridized carbons (Fsp3) is 0.371. The third-order valence-electron chi connectivity index (χ3n) is 8.04. The molecule has 1 aliphatic carbocycles. The average molecular weight is 554 g/mol. The van der Waals surface area contributed by atoms with Crippen molar-refractivity contribution in [3.8, 4) is 0 Å². The highest BCUT2D eigenvalue weighted by Gasteiger charge is 2.35.